The number of amides is 2. The summed E-state index contributed by atoms with van der Waals surface area (Å²) < 4.78 is 38.3. The van der Waals surface area contributed by atoms with Gasteiger partial charge < -0.3 is 19.7 Å². The van der Waals surface area contributed by atoms with Crippen LogP contribution in [0.5, 0.6) is 5.75 Å². The molecular weight excluding hydrogens is 496 g/mol. The number of ether oxygens (including phenoxy) is 2. The summed E-state index contributed by atoms with van der Waals surface area (Å²) in [5.74, 6) is 0.0892. The van der Waals surface area contributed by atoms with E-state index in [1.165, 1.54) is 28.6 Å². The molecule has 11 heteroatoms. The minimum atomic E-state index is -3.56. The van der Waals surface area contributed by atoms with Gasteiger partial charge in [0, 0.05) is 50.5 Å². The first-order valence-corrected chi connectivity index (χ1v) is 14.1. The second-order valence-electron chi connectivity index (χ2n) is 9.41. The molecule has 0 bridgehead atoms. The number of sulfonamides is 1. The molecule has 2 saturated heterocycles. The van der Waals surface area contributed by atoms with Crippen molar-refractivity contribution in [2.75, 3.05) is 69.3 Å². The fraction of sp³-hybridized carbons (Fsp3) is 0.462. The maximum atomic E-state index is 12.9. The quantitative estimate of drug-likeness (QED) is 0.587. The van der Waals surface area contributed by atoms with Gasteiger partial charge in [-0.2, -0.15) is 4.31 Å². The average molecular weight is 529 g/mol. The Balaban J connectivity index is 1.27. The van der Waals surface area contributed by atoms with Gasteiger partial charge in [0.05, 0.1) is 23.8 Å². The zero-order valence-electron chi connectivity index (χ0n) is 20.7. The van der Waals surface area contributed by atoms with Crippen molar-refractivity contribution in [2.45, 2.75) is 24.2 Å². The first-order chi connectivity index (χ1) is 17.9. The summed E-state index contributed by atoms with van der Waals surface area (Å²) in [6.45, 7) is 5.31. The second-order valence-corrected chi connectivity index (χ2v) is 11.4. The molecule has 37 heavy (non-hydrogen) atoms. The number of benzene rings is 2. The van der Waals surface area contributed by atoms with Crippen molar-refractivity contribution in [3.05, 3.63) is 48.0 Å². The molecule has 2 amide bonds. The summed E-state index contributed by atoms with van der Waals surface area (Å²) in [5.41, 5.74) is 1.47. The van der Waals surface area contributed by atoms with Crippen molar-refractivity contribution in [1.82, 2.24) is 9.21 Å². The van der Waals surface area contributed by atoms with Crippen LogP contribution in [0.3, 0.4) is 0 Å². The monoisotopic (exact) mass is 528 g/mol. The van der Waals surface area contributed by atoms with Crippen LogP contribution in [0.1, 0.15) is 29.6 Å². The Hall–Kier alpha value is -2.99. The van der Waals surface area contributed by atoms with Crippen LogP contribution < -0.4 is 15.0 Å². The fourth-order valence-electron chi connectivity index (χ4n) is 4.83. The maximum Gasteiger partial charge on any atom is 0.265 e. The van der Waals surface area contributed by atoms with Crippen LogP contribution in [0.4, 0.5) is 11.4 Å². The minimum Gasteiger partial charge on any atom is -0.482 e. The number of morpholine rings is 1. The number of hydrogen-bond donors (Lipinski definition) is 1. The van der Waals surface area contributed by atoms with Crippen molar-refractivity contribution in [1.29, 1.82) is 0 Å². The van der Waals surface area contributed by atoms with Gasteiger partial charge in [-0.3, -0.25) is 14.5 Å². The smallest absolute Gasteiger partial charge is 0.265 e. The van der Waals surface area contributed by atoms with Crippen molar-refractivity contribution in [2.24, 2.45) is 0 Å². The molecule has 0 unspecified atom stereocenters. The molecule has 3 heterocycles. The van der Waals surface area contributed by atoms with Gasteiger partial charge in [-0.25, -0.2) is 8.42 Å². The van der Waals surface area contributed by atoms with Crippen molar-refractivity contribution in [3.8, 4) is 5.75 Å². The van der Waals surface area contributed by atoms with E-state index in [9.17, 15) is 18.0 Å². The molecule has 0 aromatic heterocycles. The zero-order chi connectivity index (χ0) is 25.8. The summed E-state index contributed by atoms with van der Waals surface area (Å²) in [6.07, 6.45) is 2.77. The summed E-state index contributed by atoms with van der Waals surface area (Å²) in [5, 5.41) is 2.85. The fourth-order valence-corrected chi connectivity index (χ4v) is 6.34. The molecule has 0 radical (unpaired) electrons. The first kappa shape index (κ1) is 25.7. The average Bonchev–Trinajstić information content (AvgIpc) is 2.93. The van der Waals surface area contributed by atoms with E-state index in [1.54, 1.807) is 23.1 Å². The molecule has 2 aromatic rings. The number of anilines is 2. The molecule has 2 aromatic carbocycles. The van der Waals surface area contributed by atoms with Crippen LogP contribution in [0.25, 0.3) is 0 Å². The van der Waals surface area contributed by atoms with E-state index in [0.29, 0.717) is 55.5 Å². The molecule has 5 rings (SSSR count). The maximum absolute atomic E-state index is 12.9. The molecule has 198 valence electrons. The summed E-state index contributed by atoms with van der Waals surface area (Å²) in [4.78, 5) is 29.7. The molecule has 2 fully saturated rings. The van der Waals surface area contributed by atoms with Crippen molar-refractivity contribution >= 4 is 33.2 Å². The predicted octanol–water partition coefficient (Wildman–Crippen LogP) is 2.17. The third-order valence-electron chi connectivity index (χ3n) is 6.97. The highest BCUT2D eigenvalue weighted by atomic mass is 32.2. The van der Waals surface area contributed by atoms with Gasteiger partial charge in [-0.05, 0) is 55.3 Å². The molecule has 0 spiro atoms. The van der Waals surface area contributed by atoms with Gasteiger partial charge >= 0.3 is 0 Å². The Labute approximate surface area is 217 Å². The molecule has 0 atom stereocenters. The Morgan fingerprint density at radius 3 is 2.38 bits per heavy atom. The third kappa shape index (κ3) is 5.80. The predicted molar refractivity (Wildman–Crippen MR) is 139 cm³/mol. The molecular formula is C26H32N4O6S. The standard InChI is InChI=1S/C26H32N4O6S/c31-25-19-36-24-9-6-21(18-23(24)30(25)13-12-28-14-16-35-17-15-28)27-26(32)20-4-7-22(8-5-20)37(33,34)29-10-2-1-3-11-29/h4-9,18H,1-3,10-17,19H2,(H,27,32). The highest BCUT2D eigenvalue weighted by Gasteiger charge is 2.28. The number of piperidine rings is 1. The summed E-state index contributed by atoms with van der Waals surface area (Å²) >= 11 is 0. The zero-order valence-corrected chi connectivity index (χ0v) is 21.5. The Kier molecular flexibility index (Phi) is 7.75. The van der Waals surface area contributed by atoms with Crippen LogP contribution >= 0.6 is 0 Å². The van der Waals surface area contributed by atoms with E-state index in [0.717, 1.165) is 38.9 Å². The van der Waals surface area contributed by atoms with E-state index < -0.39 is 10.0 Å². The van der Waals surface area contributed by atoms with E-state index >= 15 is 0 Å². The molecule has 0 saturated carbocycles. The van der Waals surface area contributed by atoms with Gasteiger partial charge in [0.25, 0.3) is 11.8 Å². The second kappa shape index (κ2) is 11.2. The van der Waals surface area contributed by atoms with Gasteiger partial charge in [0.15, 0.2) is 6.61 Å². The highest BCUT2D eigenvalue weighted by molar-refractivity contribution is 7.89. The Morgan fingerprint density at radius 2 is 1.65 bits per heavy atom. The highest BCUT2D eigenvalue weighted by Crippen LogP contribution is 2.34. The largest absolute Gasteiger partial charge is 0.482 e. The van der Waals surface area contributed by atoms with Gasteiger partial charge in [0.1, 0.15) is 5.75 Å². The van der Waals surface area contributed by atoms with Crippen molar-refractivity contribution < 1.29 is 27.5 Å². The number of carbonyl (C=O) groups excluding carboxylic acids is 2. The van der Waals surface area contributed by atoms with Crippen LogP contribution in [0.15, 0.2) is 47.4 Å². The number of fused-ring (bicyclic) bond motifs is 1. The van der Waals surface area contributed by atoms with E-state index in [4.69, 9.17) is 9.47 Å². The Bertz CT molecular complexity index is 1240. The number of carbonyl (C=O) groups is 2. The summed E-state index contributed by atoms with van der Waals surface area (Å²) in [7, 11) is -3.56. The number of hydrogen-bond acceptors (Lipinski definition) is 7. The summed E-state index contributed by atoms with van der Waals surface area (Å²) in [6, 6.07) is 11.2. The molecule has 3 aliphatic rings. The van der Waals surface area contributed by atoms with Gasteiger partial charge in [-0.1, -0.05) is 6.42 Å². The normalized spacial score (nSPS) is 19.2. The van der Waals surface area contributed by atoms with E-state index in [2.05, 4.69) is 10.2 Å². The molecule has 10 nitrogen and oxygen atoms in total. The van der Waals surface area contributed by atoms with Crippen LogP contribution in [0, 0.1) is 0 Å². The third-order valence-corrected chi connectivity index (χ3v) is 8.89. The van der Waals surface area contributed by atoms with Crippen LogP contribution in [-0.4, -0.2) is 88.5 Å². The number of rotatable bonds is 7. The van der Waals surface area contributed by atoms with Crippen LogP contribution in [-0.2, 0) is 19.6 Å². The van der Waals surface area contributed by atoms with E-state index in [-0.39, 0.29) is 23.3 Å². The van der Waals surface area contributed by atoms with Gasteiger partial charge in [0.2, 0.25) is 10.0 Å². The lowest BCUT2D eigenvalue weighted by atomic mass is 10.1. The minimum absolute atomic E-state index is 0.0193. The van der Waals surface area contributed by atoms with E-state index in [1.807, 2.05) is 0 Å². The SMILES string of the molecule is O=C(Nc1ccc2c(c1)N(CCN1CCOCC1)C(=O)CO2)c1ccc(S(=O)(=O)N2CCCCC2)cc1. The number of nitrogens with zero attached hydrogens (tertiary/aromatic N) is 3. The number of nitrogens with one attached hydrogen (secondary N) is 1. The lowest BCUT2D eigenvalue weighted by molar-refractivity contribution is -0.121. The van der Waals surface area contributed by atoms with Crippen LogP contribution in [0.2, 0.25) is 0 Å². The lowest BCUT2D eigenvalue weighted by Crippen LogP contribution is -2.45. The molecule has 3 aliphatic heterocycles. The lowest BCUT2D eigenvalue weighted by Gasteiger charge is -2.33. The van der Waals surface area contributed by atoms with Crippen molar-refractivity contribution in [3.63, 3.8) is 0 Å². The molecule has 0 aliphatic carbocycles. The Morgan fingerprint density at radius 1 is 0.919 bits per heavy atom. The molecule has 1 N–H and O–H groups in total. The van der Waals surface area contributed by atoms with Gasteiger partial charge in [-0.15, -0.1) is 0 Å². The first-order valence-electron chi connectivity index (χ1n) is 12.7. The topological polar surface area (TPSA) is 108 Å².